The number of aryl methyl sites for hydroxylation is 1. The molecule has 28 heavy (non-hydrogen) atoms. The summed E-state index contributed by atoms with van der Waals surface area (Å²) in [7, 11) is 1.46. The smallest absolute Gasteiger partial charge is 0.0652 e. The number of aromatic nitrogens is 2. The second-order valence-electron chi connectivity index (χ2n) is 6.51. The Balaban J connectivity index is 2.01. The van der Waals surface area contributed by atoms with E-state index in [1.807, 2.05) is 0 Å². The standard InChI is InChI=1S/C26H20N2/c1-17-11-13-26-21(15-17)20-8-4-6-10-25(20)28(26)18-12-14-24-22(16-18)19-7-3-5-9-23(19)27(24)2/h3-16H,1-2H3/i3D,4D,5D,6D,7D,8D,9D,10D,11D,12D,13D,14D,15D,16D. The van der Waals surface area contributed by atoms with Crippen molar-refractivity contribution in [1.82, 2.24) is 9.13 Å². The Kier molecular flexibility index (Phi) is 1.40. The second-order valence-corrected chi connectivity index (χ2v) is 6.51. The molecule has 0 N–H and O–H groups in total. The highest BCUT2D eigenvalue weighted by Crippen LogP contribution is 2.35. The van der Waals surface area contributed by atoms with Crippen molar-refractivity contribution in [3.63, 3.8) is 0 Å². The van der Waals surface area contributed by atoms with Gasteiger partial charge in [0.1, 0.15) is 0 Å². The van der Waals surface area contributed by atoms with Crippen LogP contribution in [0.1, 0.15) is 24.8 Å². The van der Waals surface area contributed by atoms with Crippen LogP contribution in [-0.2, 0) is 7.05 Å². The molecule has 0 spiro atoms. The van der Waals surface area contributed by atoms with Crippen molar-refractivity contribution in [3.8, 4) is 5.69 Å². The van der Waals surface area contributed by atoms with Crippen LogP contribution in [0, 0.1) is 6.92 Å². The lowest BCUT2D eigenvalue weighted by atomic mass is 10.1. The van der Waals surface area contributed by atoms with Gasteiger partial charge in [0.15, 0.2) is 0 Å². The van der Waals surface area contributed by atoms with Gasteiger partial charge in [-0.25, -0.2) is 0 Å². The second kappa shape index (κ2) is 5.49. The van der Waals surface area contributed by atoms with E-state index >= 15 is 0 Å². The van der Waals surface area contributed by atoms with Gasteiger partial charge in [-0.1, -0.05) is 47.9 Å². The van der Waals surface area contributed by atoms with E-state index in [0.717, 1.165) is 4.57 Å². The maximum atomic E-state index is 9.29. The summed E-state index contributed by atoms with van der Waals surface area (Å²) in [5.74, 6) is 0. The molecule has 0 aliphatic carbocycles. The van der Waals surface area contributed by atoms with E-state index < -0.39 is 72.5 Å². The lowest BCUT2D eigenvalue weighted by molar-refractivity contribution is 1.01. The molecule has 0 fully saturated rings. The Labute approximate surface area is 182 Å². The fourth-order valence-corrected chi connectivity index (χ4v) is 3.62. The van der Waals surface area contributed by atoms with Crippen molar-refractivity contribution >= 4 is 43.6 Å². The summed E-state index contributed by atoms with van der Waals surface area (Å²) in [6.45, 7) is 1.44. The highest BCUT2D eigenvalue weighted by molar-refractivity contribution is 6.11. The van der Waals surface area contributed by atoms with Crippen molar-refractivity contribution in [2.45, 2.75) is 6.92 Å². The third kappa shape index (κ3) is 1.97. The molecule has 2 aromatic heterocycles. The van der Waals surface area contributed by atoms with Crippen LogP contribution in [0.4, 0.5) is 0 Å². The van der Waals surface area contributed by atoms with Gasteiger partial charge in [0.05, 0.1) is 30.2 Å². The Hall–Kier alpha value is -3.52. The summed E-state index contributed by atoms with van der Waals surface area (Å²) in [6, 6.07) is -6.82. The Morgan fingerprint density at radius 1 is 0.607 bits per heavy atom. The van der Waals surface area contributed by atoms with Crippen LogP contribution in [0.3, 0.4) is 0 Å². The first-order valence-corrected chi connectivity index (χ1v) is 8.57. The number of nitrogens with zero attached hydrogens (tertiary/aromatic N) is 2. The summed E-state index contributed by atoms with van der Waals surface area (Å²) < 4.78 is 123. The quantitative estimate of drug-likeness (QED) is 0.302. The molecule has 6 aromatic rings. The van der Waals surface area contributed by atoms with Crippen LogP contribution in [-0.4, -0.2) is 9.13 Å². The molecule has 134 valence electrons. The first-order chi connectivity index (χ1) is 19.6. The SMILES string of the molecule is [2H]c1c([2H])c([2H])c2c(c1[2H])c1c([2H])c(-n3c4c([2H])c([2H])c([2H])c([2H])c4c4c([2H])c(C)c([2H])c([2H])c43)c([2H])c([2H])c1n2C. The molecule has 0 atom stereocenters. The van der Waals surface area contributed by atoms with Crippen molar-refractivity contribution < 1.29 is 19.2 Å². The van der Waals surface area contributed by atoms with Gasteiger partial charge in [0, 0.05) is 45.3 Å². The van der Waals surface area contributed by atoms with Gasteiger partial charge in [0.2, 0.25) is 0 Å². The highest BCUT2D eigenvalue weighted by atomic mass is 15.0. The fourth-order valence-electron chi connectivity index (χ4n) is 3.62. The average Bonchev–Trinajstić information content (AvgIpc) is 3.47. The molecule has 0 unspecified atom stereocenters. The summed E-state index contributed by atoms with van der Waals surface area (Å²) in [5.41, 5.74) is -0.738. The molecule has 0 bridgehead atoms. The number of hydrogen-bond acceptors (Lipinski definition) is 0. The molecule has 0 aliphatic heterocycles. The van der Waals surface area contributed by atoms with E-state index in [0.29, 0.717) is 0 Å². The third-order valence-corrected chi connectivity index (χ3v) is 4.87. The maximum Gasteiger partial charge on any atom is 0.0652 e. The molecule has 2 nitrogen and oxygen atoms in total. The number of hydrogen-bond donors (Lipinski definition) is 0. The largest absolute Gasteiger partial charge is 0.344 e. The Morgan fingerprint density at radius 2 is 1.18 bits per heavy atom. The van der Waals surface area contributed by atoms with E-state index in [4.69, 9.17) is 17.8 Å². The third-order valence-electron chi connectivity index (χ3n) is 4.87. The molecular weight excluding hydrogens is 340 g/mol. The molecule has 2 heteroatoms. The van der Waals surface area contributed by atoms with E-state index in [1.165, 1.54) is 18.5 Å². The number of rotatable bonds is 1. The summed E-state index contributed by atoms with van der Waals surface area (Å²) >= 11 is 0. The number of fused-ring (bicyclic) bond motifs is 6. The van der Waals surface area contributed by atoms with Crippen LogP contribution in [0.5, 0.6) is 0 Å². The van der Waals surface area contributed by atoms with Crippen LogP contribution < -0.4 is 0 Å². The molecule has 0 aliphatic rings. The zero-order valence-corrected chi connectivity index (χ0v) is 14.9. The highest BCUT2D eigenvalue weighted by Gasteiger charge is 2.14. The van der Waals surface area contributed by atoms with Crippen LogP contribution in [0.15, 0.2) is 84.6 Å². The van der Waals surface area contributed by atoms with Gasteiger partial charge in [-0.3, -0.25) is 0 Å². The molecule has 6 rings (SSSR count). The summed E-state index contributed by atoms with van der Waals surface area (Å²) in [5, 5.41) is -0.351. The summed E-state index contributed by atoms with van der Waals surface area (Å²) in [6.07, 6.45) is 0. The van der Waals surface area contributed by atoms with Crippen molar-refractivity contribution in [1.29, 1.82) is 0 Å². The molecule has 0 radical (unpaired) electrons. The zero-order valence-electron chi connectivity index (χ0n) is 28.9. The average molecular weight is 375 g/mol. The van der Waals surface area contributed by atoms with Crippen molar-refractivity contribution in [2.24, 2.45) is 7.05 Å². The van der Waals surface area contributed by atoms with Crippen LogP contribution >= 0.6 is 0 Å². The Morgan fingerprint density at radius 3 is 2.00 bits per heavy atom. The van der Waals surface area contributed by atoms with Gasteiger partial charge < -0.3 is 9.13 Å². The molecular formula is C26H20N2. The van der Waals surface area contributed by atoms with E-state index in [1.54, 1.807) is 0 Å². The van der Waals surface area contributed by atoms with E-state index in [2.05, 4.69) is 0 Å². The van der Waals surface area contributed by atoms with Gasteiger partial charge in [-0.15, -0.1) is 0 Å². The lowest BCUT2D eigenvalue weighted by Crippen LogP contribution is -1.94. The molecule has 0 amide bonds. The Bertz CT molecular complexity index is 2180. The first kappa shape index (κ1) is 7.14. The first-order valence-electron chi connectivity index (χ1n) is 15.6. The minimum Gasteiger partial charge on any atom is -0.344 e. The minimum atomic E-state index is -0.637. The van der Waals surface area contributed by atoms with Crippen LogP contribution in [0.2, 0.25) is 0 Å². The fraction of sp³-hybridized carbons (Fsp3) is 0.0769. The van der Waals surface area contributed by atoms with E-state index in [9.17, 15) is 1.37 Å². The molecule has 0 saturated heterocycles. The maximum absolute atomic E-state index is 9.29. The van der Waals surface area contributed by atoms with Gasteiger partial charge >= 0.3 is 0 Å². The lowest BCUT2D eigenvalue weighted by Gasteiger charge is -2.09. The predicted octanol–water partition coefficient (Wildman–Crippen LogP) is 6.74. The van der Waals surface area contributed by atoms with Gasteiger partial charge in [-0.05, 0) is 49.2 Å². The van der Waals surface area contributed by atoms with Crippen molar-refractivity contribution in [2.75, 3.05) is 0 Å². The van der Waals surface area contributed by atoms with Crippen molar-refractivity contribution in [3.05, 3.63) is 90.2 Å². The normalized spacial score (nSPS) is 18.9. The summed E-state index contributed by atoms with van der Waals surface area (Å²) in [4.78, 5) is 0. The molecule has 0 saturated carbocycles. The monoisotopic (exact) mass is 374 g/mol. The molecule has 4 aromatic carbocycles. The topological polar surface area (TPSA) is 9.86 Å². The van der Waals surface area contributed by atoms with Gasteiger partial charge in [-0.2, -0.15) is 0 Å². The number of benzene rings is 4. The molecule has 2 heterocycles. The van der Waals surface area contributed by atoms with Crippen LogP contribution in [0.25, 0.3) is 49.3 Å². The predicted molar refractivity (Wildman–Crippen MR) is 120 cm³/mol. The zero-order chi connectivity index (χ0) is 31.0. The number of para-hydroxylation sites is 2. The van der Waals surface area contributed by atoms with E-state index in [-0.39, 0.29) is 66.9 Å². The minimum absolute atomic E-state index is 0.0114. The van der Waals surface area contributed by atoms with Gasteiger partial charge in [0.25, 0.3) is 0 Å².